The fourth-order valence-electron chi connectivity index (χ4n) is 3.27. The Morgan fingerprint density at radius 2 is 1.88 bits per heavy atom. The predicted molar refractivity (Wildman–Crippen MR) is 94.5 cm³/mol. The zero-order valence-electron chi connectivity index (χ0n) is 13.7. The highest BCUT2D eigenvalue weighted by Crippen LogP contribution is 2.29. The molecule has 1 fully saturated rings. The van der Waals surface area contributed by atoms with E-state index in [4.69, 9.17) is 11.6 Å². The molecule has 0 spiro atoms. The van der Waals surface area contributed by atoms with Gasteiger partial charge in [-0.3, -0.25) is 4.68 Å². The monoisotopic (exact) mass is 367 g/mol. The zero-order chi connectivity index (χ0) is 17.2. The topological polar surface area (TPSA) is 55.2 Å². The van der Waals surface area contributed by atoms with Crippen LogP contribution in [0.15, 0.2) is 41.6 Å². The van der Waals surface area contributed by atoms with Crippen molar-refractivity contribution in [2.24, 2.45) is 13.0 Å². The first kappa shape index (κ1) is 17.5. The van der Waals surface area contributed by atoms with Gasteiger partial charge in [0.1, 0.15) is 0 Å². The first-order valence-corrected chi connectivity index (χ1v) is 10.0. The minimum atomic E-state index is -3.57. The summed E-state index contributed by atoms with van der Waals surface area (Å²) in [6, 6.07) is 10.4. The molecule has 0 bridgehead atoms. The van der Waals surface area contributed by atoms with Gasteiger partial charge in [0.2, 0.25) is 0 Å². The van der Waals surface area contributed by atoms with Gasteiger partial charge in [0, 0.05) is 20.1 Å². The van der Waals surface area contributed by atoms with E-state index >= 15 is 0 Å². The van der Waals surface area contributed by atoms with Crippen molar-refractivity contribution in [3.63, 3.8) is 0 Å². The molecule has 1 saturated heterocycles. The summed E-state index contributed by atoms with van der Waals surface area (Å²) in [6.45, 7) is 1.09. The Hall–Kier alpha value is -1.37. The van der Waals surface area contributed by atoms with Gasteiger partial charge in [0.25, 0.3) is 10.0 Å². The van der Waals surface area contributed by atoms with E-state index in [2.05, 4.69) is 29.4 Å². The molecule has 1 aromatic carbocycles. The number of rotatable bonds is 5. The van der Waals surface area contributed by atoms with E-state index in [0.717, 1.165) is 25.7 Å². The molecule has 7 heteroatoms. The first-order chi connectivity index (χ1) is 11.5. The Labute approximate surface area is 148 Å². The fraction of sp³-hybridized carbons (Fsp3) is 0.471. The highest BCUT2D eigenvalue weighted by molar-refractivity contribution is 7.89. The molecular formula is C17H22ClN3O2S. The normalized spacial score (nSPS) is 17.2. The summed E-state index contributed by atoms with van der Waals surface area (Å²) in [4.78, 5) is 0. The largest absolute Gasteiger partial charge is 0.261 e. The second-order valence-electron chi connectivity index (χ2n) is 6.29. The van der Waals surface area contributed by atoms with Gasteiger partial charge in [-0.2, -0.15) is 9.40 Å². The van der Waals surface area contributed by atoms with E-state index in [1.807, 2.05) is 6.07 Å². The van der Waals surface area contributed by atoms with Gasteiger partial charge in [0.05, 0.1) is 11.2 Å². The number of aryl methyl sites for hydroxylation is 2. The molecule has 5 nitrogen and oxygen atoms in total. The van der Waals surface area contributed by atoms with E-state index < -0.39 is 10.0 Å². The molecule has 24 heavy (non-hydrogen) atoms. The van der Waals surface area contributed by atoms with Crippen molar-refractivity contribution < 1.29 is 8.42 Å². The van der Waals surface area contributed by atoms with Gasteiger partial charge in [0.15, 0.2) is 5.03 Å². The maximum atomic E-state index is 12.8. The van der Waals surface area contributed by atoms with E-state index in [9.17, 15) is 8.42 Å². The van der Waals surface area contributed by atoms with E-state index in [0.29, 0.717) is 19.0 Å². The summed E-state index contributed by atoms with van der Waals surface area (Å²) >= 11 is 6.01. The molecule has 0 unspecified atom stereocenters. The minimum Gasteiger partial charge on any atom is -0.255 e. The lowest BCUT2D eigenvalue weighted by molar-refractivity contribution is 0.262. The smallest absolute Gasteiger partial charge is 0.255 e. The zero-order valence-corrected chi connectivity index (χ0v) is 15.3. The van der Waals surface area contributed by atoms with Crippen LogP contribution in [0.1, 0.15) is 24.8 Å². The molecule has 2 heterocycles. The average molecular weight is 368 g/mol. The third-order valence-corrected chi connectivity index (χ3v) is 7.09. The Morgan fingerprint density at radius 3 is 2.46 bits per heavy atom. The molecule has 1 aliphatic rings. The second kappa shape index (κ2) is 7.25. The van der Waals surface area contributed by atoms with Crippen LogP contribution in [0.4, 0.5) is 0 Å². The molecular weight excluding hydrogens is 346 g/mol. The van der Waals surface area contributed by atoms with Crippen molar-refractivity contribution in [2.75, 3.05) is 13.1 Å². The molecule has 1 aromatic heterocycles. The molecule has 2 aromatic rings. The van der Waals surface area contributed by atoms with Crippen LogP contribution in [-0.2, 0) is 23.5 Å². The summed E-state index contributed by atoms with van der Waals surface area (Å²) in [5, 5.41) is 4.21. The molecule has 0 N–H and O–H groups in total. The summed E-state index contributed by atoms with van der Waals surface area (Å²) < 4.78 is 28.4. The van der Waals surface area contributed by atoms with Gasteiger partial charge >= 0.3 is 0 Å². The van der Waals surface area contributed by atoms with Crippen LogP contribution < -0.4 is 0 Å². The van der Waals surface area contributed by atoms with Crippen LogP contribution in [-0.4, -0.2) is 35.6 Å². The SMILES string of the molecule is Cn1ncc(Cl)c1S(=O)(=O)N1CCC(CCc2ccccc2)CC1. The van der Waals surface area contributed by atoms with E-state index in [-0.39, 0.29) is 10.0 Å². The summed E-state index contributed by atoms with van der Waals surface area (Å²) in [6.07, 6.45) is 5.31. The van der Waals surface area contributed by atoms with Crippen molar-refractivity contribution >= 4 is 21.6 Å². The number of benzene rings is 1. The fourth-order valence-corrected chi connectivity index (χ4v) is 5.34. The van der Waals surface area contributed by atoms with Crippen LogP contribution in [0.25, 0.3) is 0 Å². The van der Waals surface area contributed by atoms with Crippen molar-refractivity contribution in [3.8, 4) is 0 Å². The van der Waals surface area contributed by atoms with Crippen LogP contribution in [0, 0.1) is 5.92 Å². The Morgan fingerprint density at radius 1 is 1.21 bits per heavy atom. The van der Waals surface area contributed by atoms with Gasteiger partial charge in [-0.25, -0.2) is 8.42 Å². The number of hydrogen-bond donors (Lipinski definition) is 0. The third-order valence-electron chi connectivity index (χ3n) is 4.68. The highest BCUT2D eigenvalue weighted by Gasteiger charge is 2.33. The first-order valence-electron chi connectivity index (χ1n) is 8.20. The molecule has 0 aliphatic carbocycles. The standard InChI is InChI=1S/C17H22ClN3O2S/c1-20-17(16(18)13-19-20)24(22,23)21-11-9-15(10-12-21)8-7-14-5-3-2-4-6-14/h2-6,13,15H,7-12H2,1H3. The lowest BCUT2D eigenvalue weighted by Crippen LogP contribution is -2.39. The van der Waals surface area contributed by atoms with Gasteiger partial charge in [-0.1, -0.05) is 41.9 Å². The lowest BCUT2D eigenvalue weighted by atomic mass is 9.91. The average Bonchev–Trinajstić information content (AvgIpc) is 2.93. The number of sulfonamides is 1. The van der Waals surface area contributed by atoms with Crippen LogP contribution >= 0.6 is 11.6 Å². The number of nitrogens with zero attached hydrogens (tertiary/aromatic N) is 3. The highest BCUT2D eigenvalue weighted by atomic mass is 35.5. The number of aromatic nitrogens is 2. The van der Waals surface area contributed by atoms with Crippen LogP contribution in [0.3, 0.4) is 0 Å². The van der Waals surface area contributed by atoms with Crippen molar-refractivity contribution in [3.05, 3.63) is 47.1 Å². The predicted octanol–water partition coefficient (Wildman–Crippen LogP) is 3.11. The molecule has 0 amide bonds. The van der Waals surface area contributed by atoms with Gasteiger partial charge < -0.3 is 0 Å². The van der Waals surface area contributed by atoms with Gasteiger partial charge in [-0.05, 0) is 37.2 Å². The molecule has 1 aliphatic heterocycles. The molecule has 130 valence electrons. The molecule has 0 radical (unpaired) electrons. The Bertz CT molecular complexity index is 762. The summed E-state index contributed by atoms with van der Waals surface area (Å²) in [5.41, 5.74) is 1.34. The van der Waals surface area contributed by atoms with Crippen molar-refractivity contribution in [2.45, 2.75) is 30.7 Å². The van der Waals surface area contributed by atoms with Gasteiger partial charge in [-0.15, -0.1) is 0 Å². The second-order valence-corrected chi connectivity index (χ2v) is 8.55. The van der Waals surface area contributed by atoms with E-state index in [1.54, 1.807) is 7.05 Å². The van der Waals surface area contributed by atoms with E-state index in [1.165, 1.54) is 20.7 Å². The van der Waals surface area contributed by atoms with Crippen molar-refractivity contribution in [1.82, 2.24) is 14.1 Å². The molecule has 0 saturated carbocycles. The van der Waals surface area contributed by atoms with Crippen LogP contribution in [0.5, 0.6) is 0 Å². The minimum absolute atomic E-state index is 0.0897. The van der Waals surface area contributed by atoms with Crippen molar-refractivity contribution in [1.29, 1.82) is 0 Å². The quantitative estimate of drug-likeness (QED) is 0.815. The number of hydrogen-bond acceptors (Lipinski definition) is 3. The maximum Gasteiger partial charge on any atom is 0.261 e. The Kier molecular flexibility index (Phi) is 5.27. The summed E-state index contributed by atoms with van der Waals surface area (Å²) in [7, 11) is -1.97. The number of halogens is 1. The van der Waals surface area contributed by atoms with Crippen LogP contribution in [0.2, 0.25) is 5.02 Å². The Balaban J connectivity index is 1.59. The lowest BCUT2D eigenvalue weighted by Gasteiger charge is -2.31. The third kappa shape index (κ3) is 3.66. The molecule has 3 rings (SSSR count). The molecule has 0 atom stereocenters. The maximum absolute atomic E-state index is 12.8. The summed E-state index contributed by atoms with van der Waals surface area (Å²) in [5.74, 6) is 0.568. The number of piperidine rings is 1.